The summed E-state index contributed by atoms with van der Waals surface area (Å²) in [4.78, 5) is 19.9. The van der Waals surface area contributed by atoms with Crippen LogP contribution in [-0.4, -0.2) is 19.9 Å². The number of hydrogen-bond donors (Lipinski definition) is 0. The fourth-order valence-corrected chi connectivity index (χ4v) is 8.60. The van der Waals surface area contributed by atoms with E-state index in [2.05, 4.69) is 64.1 Å². The number of para-hydroxylation sites is 4. The number of unbranched alkanes of at least 4 members (excludes halogenated alkanes) is 10. The Kier molecular flexibility index (Phi) is 10.9. The van der Waals surface area contributed by atoms with Crippen LogP contribution in [0.15, 0.2) is 85.2 Å². The molecule has 4 aromatic carbocycles. The standard InChI is InChI=1S/C47H54N4/c1-5-7-9-11-13-19-25-47(26-20-14-12-10-8-6-2)39-27-33(3)35(45-31-48-41-21-15-17-23-43(41)50-45)29-37(39)38-30-36(34(4)28-40(38)47)46-32-49-42-22-16-18-24-44(42)51-46/h15-18,21-24,27-32H,5-14,19-20,25-26H2,1-4H3. The first kappa shape index (κ1) is 35.0. The van der Waals surface area contributed by atoms with Crippen molar-refractivity contribution in [2.24, 2.45) is 0 Å². The first-order valence-corrected chi connectivity index (χ1v) is 19.8. The summed E-state index contributed by atoms with van der Waals surface area (Å²) in [5.74, 6) is 0. The lowest BCUT2D eigenvalue weighted by molar-refractivity contribution is 0.397. The van der Waals surface area contributed by atoms with Crippen molar-refractivity contribution in [2.75, 3.05) is 0 Å². The highest BCUT2D eigenvalue weighted by Crippen LogP contribution is 2.56. The van der Waals surface area contributed by atoms with Gasteiger partial charge in [0.25, 0.3) is 0 Å². The van der Waals surface area contributed by atoms with Gasteiger partial charge in [-0.15, -0.1) is 0 Å². The van der Waals surface area contributed by atoms with Crippen molar-refractivity contribution < 1.29 is 0 Å². The lowest BCUT2D eigenvalue weighted by Crippen LogP contribution is -2.26. The molecule has 0 radical (unpaired) electrons. The minimum atomic E-state index is -0.00309. The minimum Gasteiger partial charge on any atom is -0.252 e. The molecule has 0 bridgehead atoms. The topological polar surface area (TPSA) is 51.6 Å². The molecule has 0 amide bonds. The number of fused-ring (bicyclic) bond motifs is 5. The second-order valence-corrected chi connectivity index (χ2v) is 15.0. The van der Waals surface area contributed by atoms with E-state index in [1.165, 1.54) is 134 Å². The van der Waals surface area contributed by atoms with Crippen molar-refractivity contribution in [1.29, 1.82) is 0 Å². The van der Waals surface area contributed by atoms with Crippen LogP contribution in [0, 0.1) is 13.8 Å². The number of rotatable bonds is 16. The summed E-state index contributed by atoms with van der Waals surface area (Å²) < 4.78 is 0. The van der Waals surface area contributed by atoms with Gasteiger partial charge in [-0.2, -0.15) is 0 Å². The highest BCUT2D eigenvalue weighted by Gasteiger charge is 2.43. The van der Waals surface area contributed by atoms with E-state index in [4.69, 9.17) is 19.9 Å². The van der Waals surface area contributed by atoms with Gasteiger partial charge in [0.15, 0.2) is 0 Å². The van der Waals surface area contributed by atoms with Gasteiger partial charge in [-0.3, -0.25) is 9.97 Å². The molecule has 0 fully saturated rings. The smallest absolute Gasteiger partial charge is 0.0895 e. The highest BCUT2D eigenvalue weighted by molar-refractivity contribution is 5.89. The summed E-state index contributed by atoms with van der Waals surface area (Å²) in [7, 11) is 0. The molecule has 0 saturated carbocycles. The zero-order chi connectivity index (χ0) is 35.2. The first-order valence-electron chi connectivity index (χ1n) is 19.8. The molecule has 0 atom stereocenters. The normalized spacial score (nSPS) is 13.2. The molecular formula is C47H54N4. The third-order valence-corrected chi connectivity index (χ3v) is 11.4. The number of aromatic nitrogens is 4. The molecule has 51 heavy (non-hydrogen) atoms. The molecule has 262 valence electrons. The van der Waals surface area contributed by atoms with Crippen molar-refractivity contribution >= 4 is 22.1 Å². The molecule has 0 aliphatic heterocycles. The fraction of sp³-hybridized carbons (Fsp3) is 0.404. The predicted molar refractivity (Wildman–Crippen MR) is 215 cm³/mol. The van der Waals surface area contributed by atoms with Crippen molar-refractivity contribution in [3.63, 3.8) is 0 Å². The molecule has 7 rings (SSSR count). The van der Waals surface area contributed by atoms with Gasteiger partial charge < -0.3 is 0 Å². The molecule has 1 aliphatic rings. The van der Waals surface area contributed by atoms with Crippen LogP contribution in [0.3, 0.4) is 0 Å². The van der Waals surface area contributed by atoms with Crippen LogP contribution in [0.1, 0.15) is 126 Å². The lowest BCUT2D eigenvalue weighted by atomic mass is 9.70. The van der Waals surface area contributed by atoms with Crippen LogP contribution in [0.5, 0.6) is 0 Å². The molecule has 0 saturated heterocycles. The van der Waals surface area contributed by atoms with Gasteiger partial charge in [-0.05, 0) is 96.5 Å². The molecule has 2 aromatic heterocycles. The fourth-order valence-electron chi connectivity index (χ4n) is 8.60. The quantitative estimate of drug-likeness (QED) is 0.0959. The maximum atomic E-state index is 5.12. The minimum absolute atomic E-state index is 0.00309. The van der Waals surface area contributed by atoms with Gasteiger partial charge in [-0.25, -0.2) is 9.97 Å². The molecule has 1 aliphatic carbocycles. The summed E-state index contributed by atoms with van der Waals surface area (Å²) in [6, 6.07) is 26.3. The monoisotopic (exact) mass is 674 g/mol. The van der Waals surface area contributed by atoms with Crippen molar-refractivity contribution in [1.82, 2.24) is 19.9 Å². The Morgan fingerprint density at radius 3 is 1.27 bits per heavy atom. The summed E-state index contributed by atoms with van der Waals surface area (Å²) in [6.07, 6.45) is 22.0. The Morgan fingerprint density at radius 2 is 0.843 bits per heavy atom. The van der Waals surface area contributed by atoms with Gasteiger partial charge in [0.1, 0.15) is 0 Å². The number of benzene rings is 4. The highest BCUT2D eigenvalue weighted by atomic mass is 14.8. The average Bonchev–Trinajstić information content (AvgIpc) is 3.40. The number of nitrogens with zero attached hydrogens (tertiary/aromatic N) is 4. The average molecular weight is 675 g/mol. The third-order valence-electron chi connectivity index (χ3n) is 11.4. The molecule has 4 nitrogen and oxygen atoms in total. The molecular weight excluding hydrogens is 621 g/mol. The molecule has 4 heteroatoms. The molecule has 0 spiro atoms. The van der Waals surface area contributed by atoms with Gasteiger partial charge >= 0.3 is 0 Å². The van der Waals surface area contributed by atoms with Crippen LogP contribution in [0.4, 0.5) is 0 Å². The van der Waals surface area contributed by atoms with E-state index in [-0.39, 0.29) is 5.41 Å². The van der Waals surface area contributed by atoms with Gasteiger partial charge in [0.2, 0.25) is 0 Å². The summed E-state index contributed by atoms with van der Waals surface area (Å²) in [5, 5.41) is 0. The Balaban J connectivity index is 1.36. The second-order valence-electron chi connectivity index (χ2n) is 15.0. The van der Waals surface area contributed by atoms with E-state index in [1.807, 2.05) is 48.8 Å². The maximum absolute atomic E-state index is 5.12. The van der Waals surface area contributed by atoms with Crippen LogP contribution in [0.25, 0.3) is 55.7 Å². The van der Waals surface area contributed by atoms with E-state index in [0.29, 0.717) is 0 Å². The van der Waals surface area contributed by atoms with Crippen LogP contribution < -0.4 is 0 Å². The van der Waals surface area contributed by atoms with E-state index in [0.717, 1.165) is 33.5 Å². The second kappa shape index (κ2) is 15.8. The summed E-state index contributed by atoms with van der Waals surface area (Å²) in [6.45, 7) is 9.16. The molecule has 0 N–H and O–H groups in total. The first-order chi connectivity index (χ1) is 25.0. The summed E-state index contributed by atoms with van der Waals surface area (Å²) in [5.41, 5.74) is 16.2. The molecule has 0 unspecified atom stereocenters. The SMILES string of the molecule is CCCCCCCCC1(CCCCCCCC)c2cc(C)c(-c3cnc4ccccc4n3)cc2-c2cc(-c3cnc4ccccc4n3)c(C)cc21. The Morgan fingerprint density at radius 1 is 0.451 bits per heavy atom. The zero-order valence-corrected chi connectivity index (χ0v) is 31.3. The van der Waals surface area contributed by atoms with Crippen LogP contribution in [-0.2, 0) is 5.41 Å². The van der Waals surface area contributed by atoms with Gasteiger partial charge in [0.05, 0.1) is 45.8 Å². The van der Waals surface area contributed by atoms with Gasteiger partial charge in [0, 0.05) is 16.5 Å². The maximum Gasteiger partial charge on any atom is 0.0895 e. The van der Waals surface area contributed by atoms with E-state index in [1.54, 1.807) is 0 Å². The van der Waals surface area contributed by atoms with Crippen LogP contribution in [0.2, 0.25) is 0 Å². The van der Waals surface area contributed by atoms with Crippen molar-refractivity contribution in [3.05, 3.63) is 107 Å². The zero-order valence-electron chi connectivity index (χ0n) is 31.3. The lowest BCUT2D eigenvalue weighted by Gasteiger charge is -2.33. The van der Waals surface area contributed by atoms with Gasteiger partial charge in [-0.1, -0.05) is 127 Å². The molecule has 2 heterocycles. The summed E-state index contributed by atoms with van der Waals surface area (Å²) >= 11 is 0. The van der Waals surface area contributed by atoms with E-state index in [9.17, 15) is 0 Å². The van der Waals surface area contributed by atoms with E-state index < -0.39 is 0 Å². The van der Waals surface area contributed by atoms with Crippen LogP contribution >= 0.6 is 0 Å². The third kappa shape index (κ3) is 7.20. The van der Waals surface area contributed by atoms with Crippen molar-refractivity contribution in [3.8, 4) is 33.6 Å². The Bertz CT molecular complexity index is 1980. The largest absolute Gasteiger partial charge is 0.252 e. The van der Waals surface area contributed by atoms with Crippen molar-refractivity contribution in [2.45, 2.75) is 123 Å². The Labute approximate surface area is 305 Å². The Hall–Kier alpha value is -4.44. The van der Waals surface area contributed by atoms with E-state index >= 15 is 0 Å². The number of hydrogen-bond acceptors (Lipinski definition) is 4. The predicted octanol–water partition coefficient (Wildman–Crippen LogP) is 13.3. The number of aryl methyl sites for hydroxylation is 2. The molecule has 6 aromatic rings.